The highest BCUT2D eigenvalue weighted by Crippen LogP contribution is 2.38. The standard InChI is InChI=1S/C58H44N4/c1-40(60-58(45-19-7-3-8-20-45)59-39-41-16-15-21-46(36-41)44-30-28-43(29-31-44)42-17-5-2-6-18-42)61-54-26-13-11-24-50(54)52-37-47(32-34-56(52)61)48-33-35-57-53(38-48)51-25-12-14-27-55(51)62(57)49-22-9-4-10-23-49/h2-38,40H,39H2,1H3,(H,59,60). The minimum atomic E-state index is -0.0999. The van der Waals surface area contributed by atoms with Crippen LogP contribution in [-0.2, 0) is 6.54 Å². The van der Waals surface area contributed by atoms with Crippen LogP contribution >= 0.6 is 0 Å². The first kappa shape index (κ1) is 37.1. The lowest BCUT2D eigenvalue weighted by atomic mass is 9.99. The van der Waals surface area contributed by atoms with Crippen molar-refractivity contribution in [2.45, 2.75) is 19.6 Å². The van der Waals surface area contributed by atoms with Gasteiger partial charge in [-0.25, -0.2) is 0 Å². The Kier molecular flexibility index (Phi) is 9.51. The van der Waals surface area contributed by atoms with Gasteiger partial charge in [-0.05, 0) is 100 Å². The molecule has 9 aromatic carbocycles. The van der Waals surface area contributed by atoms with Crippen LogP contribution in [0.5, 0.6) is 0 Å². The number of fused-ring (bicyclic) bond motifs is 6. The quantitative estimate of drug-likeness (QED) is 0.115. The number of hydrogen-bond donors (Lipinski definition) is 1. The van der Waals surface area contributed by atoms with Crippen molar-refractivity contribution in [2.75, 3.05) is 0 Å². The summed E-state index contributed by atoms with van der Waals surface area (Å²) >= 11 is 0. The van der Waals surface area contributed by atoms with Gasteiger partial charge in [0.25, 0.3) is 0 Å². The number of aromatic nitrogens is 2. The smallest absolute Gasteiger partial charge is 0.130 e. The van der Waals surface area contributed by atoms with Crippen LogP contribution in [0, 0.1) is 0 Å². The van der Waals surface area contributed by atoms with Crippen molar-refractivity contribution in [2.24, 2.45) is 4.99 Å². The molecule has 2 aromatic heterocycles. The number of nitrogens with one attached hydrogen (secondary N) is 1. The molecule has 0 aliphatic heterocycles. The van der Waals surface area contributed by atoms with E-state index in [0.29, 0.717) is 6.54 Å². The number of rotatable bonds is 9. The first-order valence-corrected chi connectivity index (χ1v) is 21.4. The van der Waals surface area contributed by atoms with Gasteiger partial charge in [-0.1, -0.05) is 170 Å². The van der Waals surface area contributed by atoms with E-state index in [2.05, 4.69) is 246 Å². The summed E-state index contributed by atoms with van der Waals surface area (Å²) in [5, 5.41) is 8.83. The average Bonchev–Trinajstić information content (AvgIpc) is 3.86. The van der Waals surface area contributed by atoms with Crippen LogP contribution in [0.25, 0.3) is 82.7 Å². The van der Waals surface area contributed by atoms with Crippen LogP contribution in [-0.4, -0.2) is 15.0 Å². The molecule has 11 aromatic rings. The molecule has 62 heavy (non-hydrogen) atoms. The molecule has 0 aliphatic rings. The van der Waals surface area contributed by atoms with Crippen LogP contribution in [0.4, 0.5) is 0 Å². The van der Waals surface area contributed by atoms with Crippen molar-refractivity contribution in [3.8, 4) is 39.1 Å². The summed E-state index contributed by atoms with van der Waals surface area (Å²) in [7, 11) is 0. The van der Waals surface area contributed by atoms with Crippen LogP contribution < -0.4 is 5.32 Å². The van der Waals surface area contributed by atoms with E-state index < -0.39 is 0 Å². The third-order valence-electron chi connectivity index (χ3n) is 12.2. The van der Waals surface area contributed by atoms with E-state index in [4.69, 9.17) is 4.99 Å². The zero-order chi connectivity index (χ0) is 41.4. The lowest BCUT2D eigenvalue weighted by molar-refractivity contribution is 0.545. The molecule has 0 fully saturated rings. The van der Waals surface area contributed by atoms with E-state index in [0.717, 1.165) is 17.0 Å². The van der Waals surface area contributed by atoms with Gasteiger partial charge in [0.2, 0.25) is 0 Å². The molecule has 4 heteroatoms. The Bertz CT molecular complexity index is 3400. The molecular weight excluding hydrogens is 753 g/mol. The first-order valence-electron chi connectivity index (χ1n) is 21.4. The number of aliphatic imine (C=N–C) groups is 1. The third-order valence-corrected chi connectivity index (χ3v) is 12.2. The summed E-state index contributed by atoms with van der Waals surface area (Å²) in [4.78, 5) is 5.27. The molecule has 4 nitrogen and oxygen atoms in total. The summed E-state index contributed by atoms with van der Waals surface area (Å²) in [5.41, 5.74) is 15.4. The largest absolute Gasteiger partial charge is 0.350 e. The molecule has 2 heterocycles. The molecular formula is C58H44N4. The van der Waals surface area contributed by atoms with Crippen molar-refractivity contribution in [3.05, 3.63) is 236 Å². The van der Waals surface area contributed by atoms with Gasteiger partial charge < -0.3 is 14.5 Å². The first-order chi connectivity index (χ1) is 30.7. The van der Waals surface area contributed by atoms with E-state index in [9.17, 15) is 0 Å². The summed E-state index contributed by atoms with van der Waals surface area (Å²) in [5.74, 6) is 0.862. The van der Waals surface area contributed by atoms with Crippen LogP contribution in [0.2, 0.25) is 0 Å². The SMILES string of the molecule is CC(N/C(=N\Cc1cccc(-c2ccc(-c3ccccc3)cc2)c1)c1ccccc1)n1c2ccccc2c2cc(-c3ccc4c(c3)c3ccccc3n4-c3ccccc3)ccc21. The molecule has 1 atom stereocenters. The van der Waals surface area contributed by atoms with E-state index in [1.54, 1.807) is 0 Å². The number of benzene rings is 9. The van der Waals surface area contributed by atoms with Gasteiger partial charge in [-0.2, -0.15) is 0 Å². The maximum absolute atomic E-state index is 5.27. The monoisotopic (exact) mass is 796 g/mol. The van der Waals surface area contributed by atoms with E-state index in [1.165, 1.54) is 82.7 Å². The van der Waals surface area contributed by atoms with Crippen LogP contribution in [0.3, 0.4) is 0 Å². The number of hydrogen-bond acceptors (Lipinski definition) is 1. The molecule has 0 amide bonds. The number of amidine groups is 1. The van der Waals surface area contributed by atoms with Crippen LogP contribution in [0.15, 0.2) is 229 Å². The summed E-state index contributed by atoms with van der Waals surface area (Å²) in [6.45, 7) is 2.78. The Labute approximate surface area is 361 Å². The van der Waals surface area contributed by atoms with Gasteiger partial charge >= 0.3 is 0 Å². The van der Waals surface area contributed by atoms with Gasteiger partial charge in [0.1, 0.15) is 12.0 Å². The van der Waals surface area contributed by atoms with E-state index in [-0.39, 0.29) is 6.17 Å². The second-order valence-corrected chi connectivity index (χ2v) is 16.0. The normalized spacial score (nSPS) is 12.4. The van der Waals surface area contributed by atoms with Crippen molar-refractivity contribution < 1.29 is 0 Å². The second kappa shape index (κ2) is 15.9. The van der Waals surface area contributed by atoms with Gasteiger partial charge in [0.05, 0.1) is 28.6 Å². The van der Waals surface area contributed by atoms with Crippen molar-refractivity contribution in [3.63, 3.8) is 0 Å². The molecule has 296 valence electrons. The van der Waals surface area contributed by atoms with Crippen molar-refractivity contribution in [1.82, 2.24) is 14.5 Å². The Morgan fingerprint density at radius 3 is 1.60 bits per heavy atom. The predicted molar refractivity (Wildman–Crippen MR) is 261 cm³/mol. The Balaban J connectivity index is 0.922. The zero-order valence-corrected chi connectivity index (χ0v) is 34.5. The van der Waals surface area contributed by atoms with Gasteiger partial charge in [-0.15, -0.1) is 0 Å². The Hall–Kier alpha value is -7.95. The van der Waals surface area contributed by atoms with Crippen molar-refractivity contribution >= 4 is 49.4 Å². The highest BCUT2D eigenvalue weighted by molar-refractivity contribution is 6.12. The number of para-hydroxylation sites is 3. The van der Waals surface area contributed by atoms with Crippen LogP contribution in [0.1, 0.15) is 24.2 Å². The fourth-order valence-corrected chi connectivity index (χ4v) is 9.19. The minimum absolute atomic E-state index is 0.0999. The zero-order valence-electron chi connectivity index (χ0n) is 34.5. The highest BCUT2D eigenvalue weighted by atomic mass is 15.2. The van der Waals surface area contributed by atoms with Gasteiger partial charge in [0.15, 0.2) is 0 Å². The Morgan fingerprint density at radius 1 is 0.419 bits per heavy atom. The van der Waals surface area contributed by atoms with E-state index >= 15 is 0 Å². The maximum atomic E-state index is 5.27. The summed E-state index contributed by atoms with van der Waals surface area (Å²) in [6.07, 6.45) is -0.0999. The molecule has 0 aliphatic carbocycles. The number of nitrogens with zero attached hydrogens (tertiary/aromatic N) is 3. The summed E-state index contributed by atoms with van der Waals surface area (Å²) in [6, 6.07) is 80.5. The molecule has 0 saturated heterocycles. The average molecular weight is 797 g/mol. The Morgan fingerprint density at radius 2 is 0.887 bits per heavy atom. The van der Waals surface area contributed by atoms with Gasteiger partial charge in [-0.3, -0.25) is 4.99 Å². The third kappa shape index (κ3) is 6.82. The maximum Gasteiger partial charge on any atom is 0.130 e. The van der Waals surface area contributed by atoms with Crippen molar-refractivity contribution in [1.29, 1.82) is 0 Å². The topological polar surface area (TPSA) is 34.2 Å². The fourth-order valence-electron chi connectivity index (χ4n) is 9.19. The molecule has 0 saturated carbocycles. The lowest BCUT2D eigenvalue weighted by Gasteiger charge is -2.21. The minimum Gasteiger partial charge on any atom is -0.350 e. The molecule has 1 N–H and O–H groups in total. The molecule has 0 radical (unpaired) electrons. The molecule has 0 bridgehead atoms. The molecule has 11 rings (SSSR count). The molecule has 0 spiro atoms. The second-order valence-electron chi connectivity index (χ2n) is 16.0. The van der Waals surface area contributed by atoms with E-state index in [1.807, 2.05) is 0 Å². The fraction of sp³-hybridized carbons (Fsp3) is 0.0517. The summed E-state index contributed by atoms with van der Waals surface area (Å²) < 4.78 is 4.79. The lowest BCUT2D eigenvalue weighted by Crippen LogP contribution is -2.31. The van der Waals surface area contributed by atoms with Gasteiger partial charge in [0, 0.05) is 32.8 Å². The predicted octanol–water partition coefficient (Wildman–Crippen LogP) is 14.6. The highest BCUT2D eigenvalue weighted by Gasteiger charge is 2.19. The molecule has 1 unspecified atom stereocenters.